The number of nitrogens with one attached hydrogen (secondary N) is 1. The summed E-state index contributed by atoms with van der Waals surface area (Å²) in [6.07, 6.45) is 0. The van der Waals surface area contributed by atoms with Crippen molar-refractivity contribution in [3.8, 4) is 0 Å². The minimum atomic E-state index is -0.932. The molecule has 0 saturated heterocycles. The third kappa shape index (κ3) is 5.20. The molecule has 100 valence electrons. The fourth-order valence-corrected chi connectivity index (χ4v) is 1.21. The summed E-state index contributed by atoms with van der Waals surface area (Å²) in [6, 6.07) is 3.47. The standard InChI is InChI=1S/C12H15F2NO3/c1-17-4-5-18-8-12(16)15-7-9-2-3-10(13)11(14)6-9/h2-3,6H,4-5,7-8H2,1H3,(H,15,16). The molecule has 18 heavy (non-hydrogen) atoms. The Morgan fingerprint density at radius 2 is 2.06 bits per heavy atom. The van der Waals surface area contributed by atoms with Crippen LogP contribution < -0.4 is 5.32 Å². The van der Waals surface area contributed by atoms with Crippen LogP contribution >= 0.6 is 0 Å². The molecular weight excluding hydrogens is 244 g/mol. The lowest BCUT2D eigenvalue weighted by Gasteiger charge is -2.06. The first kappa shape index (κ1) is 14.5. The molecule has 0 saturated carbocycles. The Morgan fingerprint density at radius 3 is 2.72 bits per heavy atom. The summed E-state index contributed by atoms with van der Waals surface area (Å²) >= 11 is 0. The number of amides is 1. The largest absolute Gasteiger partial charge is 0.382 e. The van der Waals surface area contributed by atoms with E-state index in [1.807, 2.05) is 0 Å². The third-order valence-electron chi connectivity index (χ3n) is 2.14. The third-order valence-corrected chi connectivity index (χ3v) is 2.14. The molecule has 1 rings (SSSR count). The number of methoxy groups -OCH3 is 1. The summed E-state index contributed by atoms with van der Waals surface area (Å²) in [5, 5.41) is 2.53. The molecule has 0 aliphatic heterocycles. The SMILES string of the molecule is COCCOCC(=O)NCc1ccc(F)c(F)c1. The minimum Gasteiger partial charge on any atom is -0.382 e. The zero-order valence-corrected chi connectivity index (χ0v) is 10.0. The maximum Gasteiger partial charge on any atom is 0.246 e. The molecule has 0 fully saturated rings. The molecule has 0 aromatic heterocycles. The predicted octanol–water partition coefficient (Wildman–Crippen LogP) is 1.24. The highest BCUT2D eigenvalue weighted by atomic mass is 19.2. The monoisotopic (exact) mass is 259 g/mol. The van der Waals surface area contributed by atoms with Crippen molar-refractivity contribution in [1.29, 1.82) is 0 Å². The zero-order valence-electron chi connectivity index (χ0n) is 10.0. The molecule has 0 aliphatic carbocycles. The Balaban J connectivity index is 2.27. The smallest absolute Gasteiger partial charge is 0.246 e. The van der Waals surface area contributed by atoms with Crippen LogP contribution in [0.2, 0.25) is 0 Å². The molecule has 4 nitrogen and oxygen atoms in total. The van der Waals surface area contributed by atoms with E-state index in [0.29, 0.717) is 18.8 Å². The van der Waals surface area contributed by atoms with E-state index in [0.717, 1.165) is 12.1 Å². The second-order valence-electron chi connectivity index (χ2n) is 3.57. The Kier molecular flexibility index (Phi) is 6.24. The molecule has 0 spiro atoms. The van der Waals surface area contributed by atoms with Gasteiger partial charge >= 0.3 is 0 Å². The van der Waals surface area contributed by atoms with Gasteiger partial charge in [-0.05, 0) is 17.7 Å². The Hall–Kier alpha value is -1.53. The zero-order chi connectivity index (χ0) is 13.4. The van der Waals surface area contributed by atoms with Crippen molar-refractivity contribution in [2.45, 2.75) is 6.54 Å². The Labute approximate surface area is 104 Å². The van der Waals surface area contributed by atoms with Gasteiger partial charge in [0.1, 0.15) is 6.61 Å². The van der Waals surface area contributed by atoms with Crippen molar-refractivity contribution in [3.63, 3.8) is 0 Å². The second kappa shape index (κ2) is 7.73. The summed E-state index contributed by atoms with van der Waals surface area (Å²) in [7, 11) is 1.53. The number of carbonyl (C=O) groups is 1. The summed E-state index contributed by atoms with van der Waals surface area (Å²) in [6.45, 7) is 0.780. The highest BCUT2D eigenvalue weighted by Crippen LogP contribution is 2.08. The topological polar surface area (TPSA) is 47.6 Å². The summed E-state index contributed by atoms with van der Waals surface area (Å²) in [4.78, 5) is 11.3. The minimum absolute atomic E-state index is 0.0902. The van der Waals surface area contributed by atoms with Gasteiger partial charge in [-0.3, -0.25) is 4.79 Å². The van der Waals surface area contributed by atoms with E-state index in [2.05, 4.69) is 5.32 Å². The van der Waals surface area contributed by atoms with Crippen molar-refractivity contribution < 1.29 is 23.0 Å². The second-order valence-corrected chi connectivity index (χ2v) is 3.57. The molecule has 1 aromatic carbocycles. The van der Waals surface area contributed by atoms with Crippen LogP contribution in [0.25, 0.3) is 0 Å². The van der Waals surface area contributed by atoms with Gasteiger partial charge in [-0.15, -0.1) is 0 Å². The van der Waals surface area contributed by atoms with Gasteiger partial charge in [0, 0.05) is 13.7 Å². The van der Waals surface area contributed by atoms with E-state index in [9.17, 15) is 13.6 Å². The first-order valence-corrected chi connectivity index (χ1v) is 5.41. The first-order chi connectivity index (χ1) is 8.63. The van der Waals surface area contributed by atoms with Crippen molar-refractivity contribution in [1.82, 2.24) is 5.32 Å². The van der Waals surface area contributed by atoms with Gasteiger partial charge < -0.3 is 14.8 Å². The predicted molar refractivity (Wildman–Crippen MR) is 60.9 cm³/mol. The summed E-state index contributed by atoms with van der Waals surface area (Å²) in [5.74, 6) is -2.16. The molecule has 6 heteroatoms. The average molecular weight is 259 g/mol. The van der Waals surface area contributed by atoms with Crippen LogP contribution in [0, 0.1) is 11.6 Å². The highest BCUT2D eigenvalue weighted by Gasteiger charge is 2.04. The van der Waals surface area contributed by atoms with Crippen LogP contribution in [-0.2, 0) is 20.8 Å². The number of rotatable bonds is 7. The van der Waals surface area contributed by atoms with Crippen LogP contribution in [0.15, 0.2) is 18.2 Å². The van der Waals surface area contributed by atoms with Gasteiger partial charge in [0.2, 0.25) is 5.91 Å². The van der Waals surface area contributed by atoms with Crippen LogP contribution in [-0.4, -0.2) is 32.8 Å². The van der Waals surface area contributed by atoms with Gasteiger partial charge in [-0.1, -0.05) is 6.07 Å². The molecule has 0 radical (unpaired) electrons. The summed E-state index contributed by atoms with van der Waals surface area (Å²) in [5.41, 5.74) is 0.485. The number of benzene rings is 1. The van der Waals surface area contributed by atoms with Gasteiger partial charge in [0.05, 0.1) is 13.2 Å². The number of hydrogen-bond acceptors (Lipinski definition) is 3. The molecule has 0 atom stereocenters. The van der Waals surface area contributed by atoms with E-state index < -0.39 is 11.6 Å². The quantitative estimate of drug-likeness (QED) is 0.749. The molecule has 1 amide bonds. The number of carbonyl (C=O) groups excluding carboxylic acids is 1. The maximum atomic E-state index is 12.9. The van der Waals surface area contributed by atoms with E-state index in [4.69, 9.17) is 9.47 Å². The molecule has 0 unspecified atom stereocenters. The van der Waals surface area contributed by atoms with Crippen molar-refractivity contribution >= 4 is 5.91 Å². The molecule has 0 heterocycles. The van der Waals surface area contributed by atoms with Gasteiger partial charge in [0.15, 0.2) is 11.6 Å². The van der Waals surface area contributed by atoms with Crippen LogP contribution in [0.5, 0.6) is 0 Å². The van der Waals surface area contributed by atoms with Gasteiger partial charge in [0.25, 0.3) is 0 Å². The molecular formula is C12H15F2NO3. The Bertz CT molecular complexity index is 399. The molecule has 0 aliphatic rings. The van der Waals surface area contributed by atoms with Crippen molar-refractivity contribution in [2.24, 2.45) is 0 Å². The summed E-state index contributed by atoms with van der Waals surface area (Å²) < 4.78 is 35.2. The number of ether oxygens (including phenoxy) is 2. The molecule has 0 bridgehead atoms. The lowest BCUT2D eigenvalue weighted by atomic mass is 10.2. The van der Waals surface area contributed by atoms with Crippen molar-refractivity contribution in [3.05, 3.63) is 35.4 Å². The Morgan fingerprint density at radius 1 is 1.28 bits per heavy atom. The first-order valence-electron chi connectivity index (χ1n) is 5.41. The van der Waals surface area contributed by atoms with Gasteiger partial charge in [-0.25, -0.2) is 8.78 Å². The number of halogens is 2. The van der Waals surface area contributed by atoms with Crippen LogP contribution in [0.3, 0.4) is 0 Å². The number of hydrogen-bond donors (Lipinski definition) is 1. The fourth-order valence-electron chi connectivity index (χ4n) is 1.21. The lowest BCUT2D eigenvalue weighted by molar-refractivity contribution is -0.126. The molecule has 1 aromatic rings. The van der Waals surface area contributed by atoms with E-state index in [1.165, 1.54) is 13.2 Å². The van der Waals surface area contributed by atoms with Crippen LogP contribution in [0.1, 0.15) is 5.56 Å². The lowest BCUT2D eigenvalue weighted by Crippen LogP contribution is -2.27. The van der Waals surface area contributed by atoms with Gasteiger partial charge in [-0.2, -0.15) is 0 Å². The normalized spacial score (nSPS) is 10.4. The van der Waals surface area contributed by atoms with E-state index >= 15 is 0 Å². The highest BCUT2D eigenvalue weighted by molar-refractivity contribution is 5.77. The van der Waals surface area contributed by atoms with Crippen LogP contribution in [0.4, 0.5) is 8.78 Å². The van der Waals surface area contributed by atoms with Crippen molar-refractivity contribution in [2.75, 3.05) is 26.9 Å². The maximum absolute atomic E-state index is 12.9. The van der Waals surface area contributed by atoms with E-state index in [1.54, 1.807) is 0 Å². The van der Waals surface area contributed by atoms with E-state index in [-0.39, 0.29) is 19.1 Å². The fraction of sp³-hybridized carbons (Fsp3) is 0.417. The average Bonchev–Trinajstić information content (AvgIpc) is 2.36. The molecule has 1 N–H and O–H groups in total.